The molecule has 4 nitrogen and oxygen atoms in total. The second kappa shape index (κ2) is 10.9. The third-order valence-electron chi connectivity index (χ3n) is 9.39. The maximum Gasteiger partial charge on any atom is 0.100 e. The molecule has 2 heterocycles. The highest BCUT2D eigenvalue weighted by Crippen LogP contribution is 2.40. The lowest BCUT2D eigenvalue weighted by atomic mass is 9.89. The molecule has 0 bridgehead atoms. The van der Waals surface area contributed by atoms with Gasteiger partial charge in [0.05, 0.1) is 45.0 Å². The highest BCUT2D eigenvalue weighted by Gasteiger charge is 2.20. The fourth-order valence-corrected chi connectivity index (χ4v) is 7.36. The second-order valence-electron chi connectivity index (χ2n) is 12.0. The van der Waals surface area contributed by atoms with E-state index in [-0.39, 0.29) is 0 Å². The number of hydrogen-bond acceptors (Lipinski definition) is 2. The summed E-state index contributed by atoms with van der Waals surface area (Å²) in [4.78, 5) is 0. The lowest BCUT2D eigenvalue weighted by Gasteiger charge is -2.17. The van der Waals surface area contributed by atoms with Crippen molar-refractivity contribution in [3.63, 3.8) is 0 Å². The van der Waals surface area contributed by atoms with Crippen LogP contribution in [0.1, 0.15) is 11.1 Å². The third-order valence-corrected chi connectivity index (χ3v) is 9.39. The van der Waals surface area contributed by atoms with E-state index in [1.165, 1.54) is 10.8 Å². The summed E-state index contributed by atoms with van der Waals surface area (Å²) in [5.41, 5.74) is 10.6. The maximum atomic E-state index is 10.8. The summed E-state index contributed by atoms with van der Waals surface area (Å²) in [6.45, 7) is 0. The molecule has 0 atom stereocenters. The Balaban J connectivity index is 1.29. The third kappa shape index (κ3) is 4.07. The number of benzene rings is 7. The fraction of sp³-hybridized carbons (Fsp3) is 0. The molecule has 0 fully saturated rings. The van der Waals surface area contributed by atoms with E-state index in [4.69, 9.17) is 0 Å². The van der Waals surface area contributed by atoms with Gasteiger partial charge in [0, 0.05) is 43.9 Å². The minimum atomic E-state index is 0.498. The highest BCUT2D eigenvalue weighted by molar-refractivity contribution is 6.10. The van der Waals surface area contributed by atoms with Gasteiger partial charge in [0.1, 0.15) is 6.07 Å². The molecule has 9 aromatic rings. The van der Waals surface area contributed by atoms with E-state index in [0.29, 0.717) is 11.1 Å². The quantitative estimate of drug-likeness (QED) is 0.199. The minimum absolute atomic E-state index is 0.498. The van der Waals surface area contributed by atoms with Gasteiger partial charge in [0.2, 0.25) is 0 Å². The van der Waals surface area contributed by atoms with E-state index in [9.17, 15) is 10.5 Å². The molecule has 0 aliphatic heterocycles. The maximum absolute atomic E-state index is 10.8. The molecule has 9 rings (SSSR count). The largest absolute Gasteiger partial charge is 0.309 e. The Morgan fingerprint density at radius 3 is 1.46 bits per heavy atom. The zero-order chi connectivity index (χ0) is 32.2. The van der Waals surface area contributed by atoms with Crippen molar-refractivity contribution in [1.29, 1.82) is 10.5 Å². The first kappa shape index (κ1) is 27.4. The minimum Gasteiger partial charge on any atom is -0.309 e. The predicted octanol–water partition coefficient (Wildman–Crippen LogP) is 11.0. The molecular weight excluding hydrogens is 585 g/mol. The Kier molecular flexibility index (Phi) is 6.22. The fourth-order valence-electron chi connectivity index (χ4n) is 7.36. The molecule has 48 heavy (non-hydrogen) atoms. The van der Waals surface area contributed by atoms with E-state index in [1.54, 1.807) is 0 Å². The summed E-state index contributed by atoms with van der Waals surface area (Å²) in [5.74, 6) is 0. The smallest absolute Gasteiger partial charge is 0.100 e. The Morgan fingerprint density at radius 2 is 0.896 bits per heavy atom. The number of nitrogens with zero attached hydrogens (tertiary/aromatic N) is 4. The molecule has 0 radical (unpaired) electrons. The van der Waals surface area contributed by atoms with Gasteiger partial charge in [0.15, 0.2) is 0 Å². The molecule has 2 aromatic heterocycles. The molecule has 0 saturated heterocycles. The molecule has 0 N–H and O–H groups in total. The van der Waals surface area contributed by atoms with Crippen LogP contribution in [0.15, 0.2) is 158 Å². The van der Waals surface area contributed by atoms with Crippen LogP contribution < -0.4 is 0 Å². The van der Waals surface area contributed by atoms with Crippen LogP contribution in [0, 0.1) is 22.7 Å². The first-order chi connectivity index (χ1) is 23.7. The van der Waals surface area contributed by atoms with Crippen molar-refractivity contribution in [2.75, 3.05) is 0 Å². The van der Waals surface area contributed by atoms with Crippen LogP contribution in [0.2, 0.25) is 0 Å². The van der Waals surface area contributed by atoms with Crippen LogP contribution in [0.3, 0.4) is 0 Å². The average molecular weight is 611 g/mol. The number of aromatic nitrogens is 2. The van der Waals surface area contributed by atoms with Crippen molar-refractivity contribution in [3.05, 3.63) is 169 Å². The summed E-state index contributed by atoms with van der Waals surface area (Å²) >= 11 is 0. The highest BCUT2D eigenvalue weighted by atomic mass is 15.0. The van der Waals surface area contributed by atoms with Gasteiger partial charge in [0.25, 0.3) is 0 Å². The molecule has 0 spiro atoms. The van der Waals surface area contributed by atoms with E-state index >= 15 is 0 Å². The summed E-state index contributed by atoms with van der Waals surface area (Å²) in [6.07, 6.45) is 0. The van der Waals surface area contributed by atoms with Crippen molar-refractivity contribution in [1.82, 2.24) is 9.13 Å². The molecule has 0 amide bonds. The van der Waals surface area contributed by atoms with Gasteiger partial charge in [-0.3, -0.25) is 0 Å². The van der Waals surface area contributed by atoms with Crippen LogP contribution in [0.25, 0.3) is 77.2 Å². The number of fused-ring (bicyclic) bond motifs is 6. The number of hydrogen-bond donors (Lipinski definition) is 0. The van der Waals surface area contributed by atoms with E-state index in [2.05, 4.69) is 143 Å². The lowest BCUT2D eigenvalue weighted by molar-refractivity contribution is 1.18. The van der Waals surface area contributed by atoms with Gasteiger partial charge < -0.3 is 9.13 Å². The van der Waals surface area contributed by atoms with Gasteiger partial charge in [-0.2, -0.15) is 10.5 Å². The second-order valence-corrected chi connectivity index (χ2v) is 12.0. The van der Waals surface area contributed by atoms with E-state index in [0.717, 1.165) is 66.5 Å². The number of para-hydroxylation sites is 5. The molecule has 222 valence electrons. The lowest BCUT2D eigenvalue weighted by Crippen LogP contribution is -2.00. The SMILES string of the molecule is N#Cc1cc(-c2cccc(-n3c4ccccc4c4ccccc43)c2)c(C#N)c(-c2ccccc2-n2c3ccccc3c3ccccc32)c1. The Bertz CT molecular complexity index is 2710. The zero-order valence-electron chi connectivity index (χ0n) is 25.8. The summed E-state index contributed by atoms with van der Waals surface area (Å²) in [7, 11) is 0. The number of rotatable bonds is 4. The molecule has 4 heteroatoms. The first-order valence-electron chi connectivity index (χ1n) is 15.9. The van der Waals surface area contributed by atoms with Crippen molar-refractivity contribution in [2.24, 2.45) is 0 Å². The van der Waals surface area contributed by atoms with E-state index in [1.807, 2.05) is 36.4 Å². The Labute approximate surface area is 277 Å². The van der Waals surface area contributed by atoms with Crippen LogP contribution in [0.5, 0.6) is 0 Å². The van der Waals surface area contributed by atoms with Crippen molar-refractivity contribution in [2.45, 2.75) is 0 Å². The van der Waals surface area contributed by atoms with Gasteiger partial charge in [-0.15, -0.1) is 0 Å². The monoisotopic (exact) mass is 610 g/mol. The summed E-state index contributed by atoms with van der Waals surface area (Å²) < 4.78 is 4.54. The molecular formula is C44H26N4. The van der Waals surface area contributed by atoms with Gasteiger partial charge in [-0.05, 0) is 60.2 Å². The normalized spacial score (nSPS) is 11.3. The van der Waals surface area contributed by atoms with Crippen LogP contribution in [0.4, 0.5) is 0 Å². The molecule has 0 unspecified atom stereocenters. The standard InChI is InChI=1S/C44H26N4/c45-27-29-24-37(30-12-11-13-31(26-30)47-40-19-6-1-14-32(40)33-15-2-7-20-41(33)47)39(28-46)38(25-29)36-18-5-10-23-44(36)48-42-21-8-3-16-34(42)35-17-4-9-22-43(35)48/h1-26H. The molecule has 0 aliphatic carbocycles. The van der Waals surface area contributed by atoms with Gasteiger partial charge in [-0.1, -0.05) is 103 Å². The first-order valence-corrected chi connectivity index (χ1v) is 15.9. The molecule has 0 aliphatic rings. The van der Waals surface area contributed by atoms with Crippen LogP contribution >= 0.6 is 0 Å². The van der Waals surface area contributed by atoms with Crippen LogP contribution in [-0.2, 0) is 0 Å². The van der Waals surface area contributed by atoms with Crippen molar-refractivity contribution in [3.8, 4) is 45.8 Å². The summed E-state index contributed by atoms with van der Waals surface area (Å²) in [6, 6.07) is 58.7. The summed E-state index contributed by atoms with van der Waals surface area (Å²) in [5, 5.41) is 25.8. The Hall–Kier alpha value is -6.88. The van der Waals surface area contributed by atoms with Gasteiger partial charge in [-0.25, -0.2) is 0 Å². The molecule has 7 aromatic carbocycles. The van der Waals surface area contributed by atoms with Crippen molar-refractivity contribution < 1.29 is 0 Å². The topological polar surface area (TPSA) is 57.4 Å². The average Bonchev–Trinajstić information content (AvgIpc) is 3.67. The zero-order valence-corrected chi connectivity index (χ0v) is 25.8. The van der Waals surface area contributed by atoms with Crippen LogP contribution in [-0.4, -0.2) is 9.13 Å². The Morgan fingerprint density at radius 1 is 0.396 bits per heavy atom. The van der Waals surface area contributed by atoms with Crippen molar-refractivity contribution >= 4 is 43.6 Å². The molecule has 0 saturated carbocycles. The number of nitriles is 2. The van der Waals surface area contributed by atoms with Gasteiger partial charge >= 0.3 is 0 Å². The van der Waals surface area contributed by atoms with E-state index < -0.39 is 0 Å². The predicted molar refractivity (Wildman–Crippen MR) is 195 cm³/mol.